The van der Waals surface area contributed by atoms with E-state index in [1.54, 1.807) is 6.07 Å². The highest BCUT2D eigenvalue weighted by molar-refractivity contribution is 9.10. The van der Waals surface area contributed by atoms with Crippen molar-refractivity contribution in [2.45, 2.75) is 19.8 Å². The quantitative estimate of drug-likeness (QED) is 0.566. The molecule has 0 aliphatic rings. The van der Waals surface area contributed by atoms with E-state index in [2.05, 4.69) is 47.1 Å². The van der Waals surface area contributed by atoms with Gasteiger partial charge in [0.25, 0.3) is 0 Å². The first-order chi connectivity index (χ1) is 9.36. The van der Waals surface area contributed by atoms with Crippen LogP contribution in [0.2, 0.25) is 0 Å². The van der Waals surface area contributed by atoms with Gasteiger partial charge in [-0.25, -0.2) is 18.7 Å². The summed E-state index contributed by atoms with van der Waals surface area (Å²) in [6.07, 6.45) is 0. The minimum atomic E-state index is -0.570. The number of nitrogens with one attached hydrogen (secondary N) is 1. The van der Waals surface area contributed by atoms with E-state index in [9.17, 15) is 8.78 Å². The van der Waals surface area contributed by atoms with Crippen LogP contribution in [-0.4, -0.2) is 9.97 Å². The average Bonchev–Trinajstić information content (AvgIpc) is 2.35. The molecule has 20 heavy (non-hydrogen) atoms. The monoisotopic (exact) mass is 405 g/mol. The van der Waals surface area contributed by atoms with Crippen molar-refractivity contribution in [2.75, 3.05) is 5.32 Å². The summed E-state index contributed by atoms with van der Waals surface area (Å²) in [6.45, 7) is 3.90. The molecule has 2 rings (SSSR count). The molecule has 2 aromatic rings. The maximum absolute atomic E-state index is 13.8. The number of nitrogens with zero attached hydrogens (tertiary/aromatic N) is 2. The van der Waals surface area contributed by atoms with E-state index < -0.39 is 11.6 Å². The van der Waals surface area contributed by atoms with Crippen molar-refractivity contribution in [2.24, 2.45) is 0 Å². The van der Waals surface area contributed by atoms with Gasteiger partial charge in [-0.2, -0.15) is 0 Å². The predicted molar refractivity (Wildman–Crippen MR) is 81.2 cm³/mol. The lowest BCUT2D eigenvalue weighted by molar-refractivity contribution is 0.597. The van der Waals surface area contributed by atoms with Gasteiger partial charge < -0.3 is 5.32 Å². The van der Waals surface area contributed by atoms with E-state index in [4.69, 9.17) is 0 Å². The molecule has 0 radical (unpaired) electrons. The second-order valence-corrected chi connectivity index (χ2v) is 6.13. The molecule has 0 saturated heterocycles. The van der Waals surface area contributed by atoms with Crippen LogP contribution in [0, 0.1) is 11.6 Å². The van der Waals surface area contributed by atoms with Gasteiger partial charge in [-0.15, -0.1) is 0 Å². The van der Waals surface area contributed by atoms with Crippen LogP contribution in [0.4, 0.5) is 20.3 Å². The second-order valence-electron chi connectivity index (χ2n) is 4.46. The highest BCUT2D eigenvalue weighted by Crippen LogP contribution is 2.26. The lowest BCUT2D eigenvalue weighted by Crippen LogP contribution is -2.03. The molecule has 0 spiro atoms. The van der Waals surface area contributed by atoms with Crippen LogP contribution in [0.3, 0.4) is 0 Å². The standard InChI is InChI=1S/C13H11Br2F2N3/c1-6(2)13-19-11(15)5-12(20-13)18-10-4-8(16)7(14)3-9(10)17/h3-6H,1-2H3,(H,18,19,20). The van der Waals surface area contributed by atoms with Crippen LogP contribution in [0.5, 0.6) is 0 Å². The van der Waals surface area contributed by atoms with Crippen LogP contribution >= 0.6 is 31.9 Å². The number of aromatic nitrogens is 2. The van der Waals surface area contributed by atoms with Crippen molar-refractivity contribution in [3.8, 4) is 0 Å². The summed E-state index contributed by atoms with van der Waals surface area (Å²) in [6, 6.07) is 3.74. The van der Waals surface area contributed by atoms with E-state index >= 15 is 0 Å². The first-order valence-electron chi connectivity index (χ1n) is 5.83. The number of hydrogen-bond donors (Lipinski definition) is 1. The maximum Gasteiger partial charge on any atom is 0.148 e. The number of benzene rings is 1. The molecule has 0 aliphatic carbocycles. The zero-order valence-corrected chi connectivity index (χ0v) is 13.9. The maximum atomic E-state index is 13.8. The van der Waals surface area contributed by atoms with Gasteiger partial charge in [0.2, 0.25) is 0 Å². The molecule has 1 N–H and O–H groups in total. The van der Waals surface area contributed by atoms with Crippen molar-refractivity contribution in [1.29, 1.82) is 0 Å². The summed E-state index contributed by atoms with van der Waals surface area (Å²) in [5.74, 6) is 0.0147. The zero-order valence-electron chi connectivity index (χ0n) is 10.7. The highest BCUT2D eigenvalue weighted by Gasteiger charge is 2.11. The summed E-state index contributed by atoms with van der Waals surface area (Å²) in [5.41, 5.74) is 0.0195. The molecule has 1 aromatic carbocycles. The average molecular weight is 407 g/mol. The Morgan fingerprint density at radius 2 is 1.75 bits per heavy atom. The molecule has 0 aliphatic heterocycles. The smallest absolute Gasteiger partial charge is 0.148 e. The Bertz CT molecular complexity index is 648. The molecule has 1 aromatic heterocycles. The first-order valence-corrected chi connectivity index (χ1v) is 7.41. The number of halogens is 4. The van der Waals surface area contributed by atoms with E-state index in [-0.39, 0.29) is 16.1 Å². The first kappa shape index (κ1) is 15.3. The zero-order chi connectivity index (χ0) is 14.9. The third-order valence-corrected chi connectivity index (χ3v) is 3.52. The molecule has 0 unspecified atom stereocenters. The molecular weight excluding hydrogens is 396 g/mol. The Morgan fingerprint density at radius 1 is 1.05 bits per heavy atom. The lowest BCUT2D eigenvalue weighted by atomic mass is 10.2. The minimum absolute atomic E-state index is 0.0195. The summed E-state index contributed by atoms with van der Waals surface area (Å²) >= 11 is 6.20. The highest BCUT2D eigenvalue weighted by atomic mass is 79.9. The fraction of sp³-hybridized carbons (Fsp3) is 0.231. The Kier molecular flexibility index (Phi) is 4.70. The summed E-state index contributed by atoms with van der Waals surface area (Å²) in [4.78, 5) is 8.49. The number of hydrogen-bond acceptors (Lipinski definition) is 3. The number of rotatable bonds is 3. The van der Waals surface area contributed by atoms with Gasteiger partial charge in [-0.1, -0.05) is 13.8 Å². The molecule has 0 amide bonds. The second kappa shape index (κ2) is 6.13. The summed E-state index contributed by atoms with van der Waals surface area (Å²) < 4.78 is 27.9. The minimum Gasteiger partial charge on any atom is -0.338 e. The molecular formula is C13H11Br2F2N3. The third kappa shape index (κ3) is 3.52. The van der Waals surface area contributed by atoms with Crippen LogP contribution in [0.25, 0.3) is 0 Å². The Morgan fingerprint density at radius 3 is 2.40 bits per heavy atom. The van der Waals surface area contributed by atoms with Gasteiger partial charge in [0, 0.05) is 18.1 Å². The van der Waals surface area contributed by atoms with Gasteiger partial charge in [0.05, 0.1) is 10.2 Å². The molecule has 0 atom stereocenters. The third-order valence-electron chi connectivity index (χ3n) is 2.50. The van der Waals surface area contributed by atoms with Crippen molar-refractivity contribution in [1.82, 2.24) is 9.97 Å². The topological polar surface area (TPSA) is 37.8 Å². The van der Waals surface area contributed by atoms with Crippen molar-refractivity contribution >= 4 is 43.4 Å². The van der Waals surface area contributed by atoms with Gasteiger partial charge in [0.15, 0.2) is 0 Å². The van der Waals surface area contributed by atoms with Gasteiger partial charge in [-0.3, -0.25) is 0 Å². The van der Waals surface area contributed by atoms with Crippen LogP contribution < -0.4 is 5.32 Å². The van der Waals surface area contributed by atoms with E-state index in [1.165, 1.54) is 0 Å². The fourth-order valence-electron chi connectivity index (χ4n) is 1.51. The Hall–Kier alpha value is -1.08. The molecule has 0 bridgehead atoms. The Labute approximate surface area is 132 Å². The summed E-state index contributed by atoms with van der Waals surface area (Å²) in [7, 11) is 0. The lowest BCUT2D eigenvalue weighted by Gasteiger charge is -2.11. The van der Waals surface area contributed by atoms with Crippen molar-refractivity contribution in [3.05, 3.63) is 44.7 Å². The van der Waals surface area contributed by atoms with Crippen molar-refractivity contribution < 1.29 is 8.78 Å². The molecule has 1 heterocycles. The predicted octanol–water partition coefficient (Wildman–Crippen LogP) is 5.15. The van der Waals surface area contributed by atoms with Gasteiger partial charge in [0.1, 0.15) is 27.9 Å². The SMILES string of the molecule is CC(C)c1nc(Br)cc(Nc2cc(F)c(Br)cc2F)n1. The van der Waals surface area contributed by atoms with Crippen molar-refractivity contribution in [3.63, 3.8) is 0 Å². The largest absolute Gasteiger partial charge is 0.338 e. The number of anilines is 2. The normalized spacial score (nSPS) is 10.9. The van der Waals surface area contributed by atoms with Crippen LogP contribution in [0.1, 0.15) is 25.6 Å². The summed E-state index contributed by atoms with van der Waals surface area (Å²) in [5, 5.41) is 2.76. The van der Waals surface area contributed by atoms with Crippen LogP contribution in [-0.2, 0) is 0 Å². The van der Waals surface area contributed by atoms with E-state index in [0.29, 0.717) is 16.2 Å². The molecule has 7 heteroatoms. The molecule has 3 nitrogen and oxygen atoms in total. The van der Waals surface area contributed by atoms with E-state index in [1.807, 2.05) is 13.8 Å². The fourth-order valence-corrected chi connectivity index (χ4v) is 2.23. The van der Waals surface area contributed by atoms with E-state index in [0.717, 1.165) is 12.1 Å². The Balaban J connectivity index is 2.37. The van der Waals surface area contributed by atoms with Gasteiger partial charge in [-0.05, 0) is 37.9 Å². The molecule has 0 saturated carbocycles. The molecule has 0 fully saturated rings. The van der Waals surface area contributed by atoms with Crippen LogP contribution in [0.15, 0.2) is 27.3 Å². The van der Waals surface area contributed by atoms with Gasteiger partial charge >= 0.3 is 0 Å². The molecule has 106 valence electrons.